The van der Waals surface area contributed by atoms with E-state index in [0.29, 0.717) is 30.2 Å². The van der Waals surface area contributed by atoms with Gasteiger partial charge in [0.05, 0.1) is 24.3 Å². The van der Waals surface area contributed by atoms with Gasteiger partial charge in [-0.05, 0) is 27.9 Å². The molecule has 1 aromatic rings. The molecule has 128 valence electrons. The van der Waals surface area contributed by atoms with Gasteiger partial charge in [0.25, 0.3) is 5.91 Å². The van der Waals surface area contributed by atoms with E-state index in [1.807, 2.05) is 12.2 Å². The summed E-state index contributed by atoms with van der Waals surface area (Å²) in [6.45, 7) is 6.86. The highest BCUT2D eigenvalue weighted by Crippen LogP contribution is 2.42. The zero-order chi connectivity index (χ0) is 17.7. The number of hydrogen-bond donors (Lipinski definition) is 0. The van der Waals surface area contributed by atoms with Gasteiger partial charge in [-0.15, -0.1) is 0 Å². The number of nitrogens with zero attached hydrogens (tertiary/aromatic N) is 1. The topological polar surface area (TPSA) is 38.8 Å². The maximum atomic E-state index is 12.8. The van der Waals surface area contributed by atoms with Crippen LogP contribution < -0.4 is 9.47 Å². The van der Waals surface area contributed by atoms with Crippen LogP contribution in [0.25, 0.3) is 0 Å². The van der Waals surface area contributed by atoms with Crippen LogP contribution in [-0.4, -0.2) is 31.6 Å². The summed E-state index contributed by atoms with van der Waals surface area (Å²) in [6.07, 6.45) is 8.71. The van der Waals surface area contributed by atoms with Crippen molar-refractivity contribution in [3.8, 4) is 11.5 Å². The van der Waals surface area contributed by atoms with Crippen molar-refractivity contribution in [3.05, 3.63) is 58.1 Å². The largest absolute Gasteiger partial charge is 0.496 e. The molecule has 0 saturated carbocycles. The minimum absolute atomic E-state index is 0.0370. The maximum Gasteiger partial charge on any atom is 0.258 e. The van der Waals surface area contributed by atoms with Crippen molar-refractivity contribution in [1.82, 2.24) is 4.90 Å². The molecule has 1 heterocycles. The zero-order valence-electron chi connectivity index (χ0n) is 14.3. The lowest BCUT2D eigenvalue weighted by atomic mass is 10.1. The van der Waals surface area contributed by atoms with Crippen LogP contribution in [0.3, 0.4) is 0 Å². The van der Waals surface area contributed by atoms with Gasteiger partial charge < -0.3 is 14.4 Å². The molecule has 24 heavy (non-hydrogen) atoms. The van der Waals surface area contributed by atoms with Crippen molar-refractivity contribution >= 4 is 21.8 Å². The van der Waals surface area contributed by atoms with Gasteiger partial charge in [-0.25, -0.2) is 0 Å². The standard InChI is InChI=1S/C19H22BrNO3/c1-5-7-9-13(8-6-2)11-21-12-14-17(19(21)22)15(23-3)10-16(24-4)18(14)20/h6-10H,2,5,11-12H2,1,3-4H3/b9-7-,13-8+. The number of hydrogen-bond acceptors (Lipinski definition) is 3. The molecule has 0 radical (unpaired) electrons. The molecule has 2 rings (SSSR count). The Balaban J connectivity index is 2.36. The van der Waals surface area contributed by atoms with Crippen LogP contribution in [0.15, 0.2) is 47.0 Å². The van der Waals surface area contributed by atoms with Crippen LogP contribution in [0, 0.1) is 0 Å². The summed E-state index contributed by atoms with van der Waals surface area (Å²) in [6, 6.07) is 1.74. The molecule has 1 aromatic carbocycles. The second-order valence-corrected chi connectivity index (χ2v) is 6.19. The quantitative estimate of drug-likeness (QED) is 0.642. The molecular weight excluding hydrogens is 370 g/mol. The third kappa shape index (κ3) is 3.56. The Kier molecular flexibility index (Phi) is 6.26. The van der Waals surface area contributed by atoms with E-state index in [9.17, 15) is 4.79 Å². The molecule has 0 aromatic heterocycles. The lowest BCUT2D eigenvalue weighted by Crippen LogP contribution is -2.26. The molecule has 1 aliphatic rings. The van der Waals surface area contributed by atoms with Crippen molar-refractivity contribution in [2.75, 3.05) is 20.8 Å². The number of amides is 1. The fourth-order valence-electron chi connectivity index (χ4n) is 2.70. The number of halogens is 1. The van der Waals surface area contributed by atoms with E-state index in [0.717, 1.165) is 22.0 Å². The summed E-state index contributed by atoms with van der Waals surface area (Å²) in [7, 11) is 3.16. The van der Waals surface area contributed by atoms with Crippen LogP contribution in [0.4, 0.5) is 0 Å². The fraction of sp³-hybridized carbons (Fsp3) is 0.316. The van der Waals surface area contributed by atoms with Crippen LogP contribution in [0.2, 0.25) is 0 Å². The second-order valence-electron chi connectivity index (χ2n) is 5.40. The Bertz CT molecular complexity index is 707. The number of methoxy groups -OCH3 is 2. The highest BCUT2D eigenvalue weighted by atomic mass is 79.9. The zero-order valence-corrected chi connectivity index (χ0v) is 15.9. The number of allylic oxidation sites excluding steroid dienone is 3. The van der Waals surface area contributed by atoms with Crippen molar-refractivity contribution in [1.29, 1.82) is 0 Å². The Morgan fingerprint density at radius 3 is 2.67 bits per heavy atom. The van der Waals surface area contributed by atoms with Crippen molar-refractivity contribution < 1.29 is 14.3 Å². The third-order valence-corrected chi connectivity index (χ3v) is 4.72. The van der Waals surface area contributed by atoms with Crippen LogP contribution >= 0.6 is 15.9 Å². The summed E-state index contributed by atoms with van der Waals surface area (Å²) in [5.41, 5.74) is 2.53. The van der Waals surface area contributed by atoms with Gasteiger partial charge in [0.15, 0.2) is 0 Å². The Morgan fingerprint density at radius 1 is 1.38 bits per heavy atom. The molecule has 0 spiro atoms. The van der Waals surface area contributed by atoms with Gasteiger partial charge in [0, 0.05) is 24.7 Å². The Labute approximate surface area is 151 Å². The van der Waals surface area contributed by atoms with Gasteiger partial charge >= 0.3 is 0 Å². The predicted octanol–water partition coefficient (Wildman–Crippen LogP) is 4.50. The Hall–Kier alpha value is -2.01. The van der Waals surface area contributed by atoms with Crippen molar-refractivity contribution in [2.24, 2.45) is 0 Å². The Morgan fingerprint density at radius 2 is 2.08 bits per heavy atom. The third-order valence-electron chi connectivity index (χ3n) is 3.85. The fourth-order valence-corrected chi connectivity index (χ4v) is 3.30. The molecule has 0 fully saturated rings. The SMILES string of the molecule is C=C/C=C(\C=C/CC)CN1Cc2c(Br)c(OC)cc(OC)c2C1=O. The molecule has 4 nitrogen and oxygen atoms in total. The van der Waals surface area contributed by atoms with Gasteiger partial charge in [-0.3, -0.25) is 4.79 Å². The first-order chi connectivity index (χ1) is 11.6. The smallest absolute Gasteiger partial charge is 0.258 e. The molecule has 0 saturated heterocycles. The minimum atomic E-state index is -0.0370. The molecular formula is C19H22BrNO3. The van der Waals surface area contributed by atoms with E-state index in [1.54, 1.807) is 31.3 Å². The minimum Gasteiger partial charge on any atom is -0.496 e. The summed E-state index contributed by atoms with van der Waals surface area (Å²) >= 11 is 3.55. The summed E-state index contributed by atoms with van der Waals surface area (Å²) in [5.74, 6) is 1.16. The van der Waals surface area contributed by atoms with Crippen LogP contribution in [0.5, 0.6) is 11.5 Å². The van der Waals surface area contributed by atoms with Gasteiger partial charge in [-0.1, -0.05) is 37.8 Å². The molecule has 1 amide bonds. The van der Waals surface area contributed by atoms with Crippen molar-refractivity contribution in [3.63, 3.8) is 0 Å². The highest BCUT2D eigenvalue weighted by Gasteiger charge is 2.34. The first-order valence-corrected chi connectivity index (χ1v) is 8.57. The van der Waals surface area contributed by atoms with E-state index in [4.69, 9.17) is 9.47 Å². The molecule has 0 unspecified atom stereocenters. The summed E-state index contributed by atoms with van der Waals surface area (Å²) in [5, 5.41) is 0. The van der Waals surface area contributed by atoms with E-state index in [2.05, 4.69) is 35.5 Å². The molecule has 0 bridgehead atoms. The lowest BCUT2D eigenvalue weighted by Gasteiger charge is -2.16. The van der Waals surface area contributed by atoms with E-state index in [-0.39, 0.29) is 5.91 Å². The van der Waals surface area contributed by atoms with E-state index >= 15 is 0 Å². The predicted molar refractivity (Wildman–Crippen MR) is 99.7 cm³/mol. The van der Waals surface area contributed by atoms with E-state index < -0.39 is 0 Å². The molecule has 5 heteroatoms. The maximum absolute atomic E-state index is 12.8. The normalized spacial score (nSPS) is 14.2. The first-order valence-electron chi connectivity index (χ1n) is 7.78. The molecule has 0 aliphatic carbocycles. The number of fused-ring (bicyclic) bond motifs is 1. The van der Waals surface area contributed by atoms with Crippen molar-refractivity contribution in [2.45, 2.75) is 19.9 Å². The number of rotatable bonds is 7. The highest BCUT2D eigenvalue weighted by molar-refractivity contribution is 9.10. The molecule has 1 aliphatic heterocycles. The average molecular weight is 392 g/mol. The summed E-state index contributed by atoms with van der Waals surface area (Å²) in [4.78, 5) is 14.6. The molecule has 0 atom stereocenters. The van der Waals surface area contributed by atoms with Crippen LogP contribution in [0.1, 0.15) is 29.3 Å². The van der Waals surface area contributed by atoms with Gasteiger partial charge in [0.1, 0.15) is 11.5 Å². The van der Waals surface area contributed by atoms with Gasteiger partial charge in [0.2, 0.25) is 0 Å². The monoisotopic (exact) mass is 391 g/mol. The number of carbonyl (C=O) groups is 1. The van der Waals surface area contributed by atoms with Gasteiger partial charge in [-0.2, -0.15) is 0 Å². The summed E-state index contributed by atoms with van der Waals surface area (Å²) < 4.78 is 11.6. The average Bonchev–Trinajstić information content (AvgIpc) is 2.91. The lowest BCUT2D eigenvalue weighted by molar-refractivity contribution is 0.0791. The number of carbonyl (C=O) groups excluding carboxylic acids is 1. The molecule has 0 N–H and O–H groups in total. The van der Waals surface area contributed by atoms with Crippen LogP contribution in [-0.2, 0) is 6.54 Å². The number of ether oxygens (including phenoxy) is 2. The van der Waals surface area contributed by atoms with E-state index in [1.165, 1.54) is 0 Å². The second kappa shape index (κ2) is 8.20. The number of benzene rings is 1. The first kappa shape index (κ1) is 18.3.